The maximum absolute atomic E-state index is 3.45. The van der Waals surface area contributed by atoms with Gasteiger partial charge in [0.15, 0.2) is 0 Å². The molecular formula is C17H26N2. The van der Waals surface area contributed by atoms with E-state index in [2.05, 4.69) is 41.9 Å². The Bertz CT molecular complexity index is 384. The Morgan fingerprint density at radius 1 is 0.895 bits per heavy atom. The van der Waals surface area contributed by atoms with Crippen LogP contribution in [0.3, 0.4) is 0 Å². The summed E-state index contributed by atoms with van der Waals surface area (Å²) in [5.74, 6) is 1.54. The summed E-state index contributed by atoms with van der Waals surface area (Å²) in [6.07, 6.45) is 6.64. The zero-order valence-electron chi connectivity index (χ0n) is 12.0. The van der Waals surface area contributed by atoms with Crippen molar-refractivity contribution in [1.29, 1.82) is 0 Å². The first-order chi connectivity index (χ1) is 9.36. The molecule has 0 amide bonds. The quantitative estimate of drug-likeness (QED) is 0.871. The summed E-state index contributed by atoms with van der Waals surface area (Å²) in [7, 11) is 2.09. The van der Waals surface area contributed by atoms with Crippen molar-refractivity contribution in [3.05, 3.63) is 35.4 Å². The van der Waals surface area contributed by atoms with Gasteiger partial charge < -0.3 is 10.6 Å². The van der Waals surface area contributed by atoms with Gasteiger partial charge >= 0.3 is 0 Å². The fourth-order valence-electron chi connectivity index (χ4n) is 3.69. The van der Waals surface area contributed by atoms with Crippen LogP contribution >= 0.6 is 0 Å². The van der Waals surface area contributed by atoms with Crippen molar-refractivity contribution in [2.45, 2.75) is 50.0 Å². The maximum Gasteiger partial charge on any atom is 0.00644 e. The van der Waals surface area contributed by atoms with E-state index in [4.69, 9.17) is 0 Å². The predicted molar refractivity (Wildman–Crippen MR) is 80.7 cm³/mol. The van der Waals surface area contributed by atoms with Crippen molar-refractivity contribution in [3.8, 4) is 0 Å². The molecule has 1 saturated carbocycles. The fourth-order valence-corrected chi connectivity index (χ4v) is 3.69. The minimum absolute atomic E-state index is 0.745. The van der Waals surface area contributed by atoms with Crippen molar-refractivity contribution < 1.29 is 0 Å². The Labute approximate surface area is 117 Å². The van der Waals surface area contributed by atoms with Gasteiger partial charge in [0.25, 0.3) is 0 Å². The van der Waals surface area contributed by atoms with Gasteiger partial charge in [-0.1, -0.05) is 24.3 Å². The van der Waals surface area contributed by atoms with Crippen LogP contribution in [0, 0.1) is 0 Å². The Morgan fingerprint density at radius 2 is 1.53 bits per heavy atom. The normalized spacial score (nSPS) is 31.5. The zero-order valence-corrected chi connectivity index (χ0v) is 12.0. The Kier molecular flexibility index (Phi) is 4.19. The van der Waals surface area contributed by atoms with Crippen LogP contribution < -0.4 is 10.6 Å². The third-order valence-electron chi connectivity index (χ3n) is 5.08. The van der Waals surface area contributed by atoms with E-state index in [0.717, 1.165) is 24.4 Å². The van der Waals surface area contributed by atoms with Gasteiger partial charge in [0.1, 0.15) is 0 Å². The van der Waals surface area contributed by atoms with E-state index in [-0.39, 0.29) is 0 Å². The Hall–Kier alpha value is -0.860. The van der Waals surface area contributed by atoms with Gasteiger partial charge in [-0.25, -0.2) is 0 Å². The van der Waals surface area contributed by atoms with Crippen molar-refractivity contribution in [2.75, 3.05) is 20.1 Å². The summed E-state index contributed by atoms with van der Waals surface area (Å²) >= 11 is 0. The largest absolute Gasteiger partial charge is 0.317 e. The highest BCUT2D eigenvalue weighted by molar-refractivity contribution is 5.29. The van der Waals surface area contributed by atoms with E-state index in [0.29, 0.717) is 0 Å². The molecule has 1 aromatic carbocycles. The maximum atomic E-state index is 3.45. The first kappa shape index (κ1) is 13.1. The number of rotatable bonds is 3. The predicted octanol–water partition coefficient (Wildman–Crippen LogP) is 3.01. The molecule has 2 N–H and O–H groups in total. The lowest BCUT2D eigenvalue weighted by Gasteiger charge is -2.28. The second-order valence-electron chi connectivity index (χ2n) is 6.19. The molecule has 3 rings (SSSR count). The highest BCUT2D eigenvalue weighted by Crippen LogP contribution is 2.33. The molecule has 2 fully saturated rings. The minimum atomic E-state index is 0.745. The molecule has 1 heterocycles. The van der Waals surface area contributed by atoms with Crippen LogP contribution in [-0.4, -0.2) is 26.2 Å². The Balaban J connectivity index is 1.62. The number of benzene rings is 1. The molecular weight excluding hydrogens is 232 g/mol. The number of hydrogen-bond acceptors (Lipinski definition) is 2. The number of hydrogen-bond donors (Lipinski definition) is 2. The van der Waals surface area contributed by atoms with Gasteiger partial charge in [-0.15, -0.1) is 0 Å². The van der Waals surface area contributed by atoms with Crippen LogP contribution in [-0.2, 0) is 0 Å². The van der Waals surface area contributed by atoms with Gasteiger partial charge in [0.2, 0.25) is 0 Å². The number of nitrogens with one attached hydrogen (secondary N) is 2. The van der Waals surface area contributed by atoms with E-state index in [9.17, 15) is 0 Å². The summed E-state index contributed by atoms with van der Waals surface area (Å²) in [5, 5.41) is 6.87. The molecule has 1 aliphatic carbocycles. The zero-order chi connectivity index (χ0) is 13.1. The van der Waals surface area contributed by atoms with Gasteiger partial charge in [-0.3, -0.25) is 0 Å². The van der Waals surface area contributed by atoms with Crippen LogP contribution in [0.4, 0.5) is 0 Å². The highest BCUT2D eigenvalue weighted by Gasteiger charge is 2.22. The van der Waals surface area contributed by atoms with E-state index >= 15 is 0 Å². The average molecular weight is 258 g/mol. The van der Waals surface area contributed by atoms with Gasteiger partial charge in [-0.2, -0.15) is 0 Å². The first-order valence-corrected chi connectivity index (χ1v) is 7.84. The standard InChI is InChI=1S/C17H26N2/c1-18-17-8-6-14(7-9-17)13-2-4-15(5-3-13)16-10-11-19-12-16/h2-5,14,16-19H,6-12H2,1H3. The van der Waals surface area contributed by atoms with E-state index in [1.54, 1.807) is 5.56 Å². The highest BCUT2D eigenvalue weighted by atomic mass is 14.9. The summed E-state index contributed by atoms with van der Waals surface area (Å²) < 4.78 is 0. The van der Waals surface area contributed by atoms with Crippen molar-refractivity contribution in [1.82, 2.24) is 10.6 Å². The van der Waals surface area contributed by atoms with E-state index in [1.807, 2.05) is 0 Å². The molecule has 0 spiro atoms. The molecule has 1 unspecified atom stereocenters. The van der Waals surface area contributed by atoms with Crippen molar-refractivity contribution in [2.24, 2.45) is 0 Å². The van der Waals surface area contributed by atoms with Crippen molar-refractivity contribution in [3.63, 3.8) is 0 Å². The minimum Gasteiger partial charge on any atom is -0.317 e. The summed E-state index contributed by atoms with van der Waals surface area (Å²) in [5.41, 5.74) is 3.09. The first-order valence-electron chi connectivity index (χ1n) is 7.84. The summed E-state index contributed by atoms with van der Waals surface area (Å²) in [6, 6.07) is 10.3. The SMILES string of the molecule is CNC1CCC(c2ccc(C3CCNC3)cc2)CC1. The third kappa shape index (κ3) is 3.01. The molecule has 1 atom stereocenters. The smallest absolute Gasteiger partial charge is 0.00644 e. The van der Waals surface area contributed by atoms with Crippen LogP contribution in [0.5, 0.6) is 0 Å². The second-order valence-corrected chi connectivity index (χ2v) is 6.19. The molecule has 104 valence electrons. The molecule has 0 aromatic heterocycles. The second kappa shape index (κ2) is 6.06. The van der Waals surface area contributed by atoms with Gasteiger partial charge in [0.05, 0.1) is 0 Å². The van der Waals surface area contributed by atoms with Crippen LogP contribution in [0.15, 0.2) is 24.3 Å². The molecule has 19 heavy (non-hydrogen) atoms. The molecule has 2 nitrogen and oxygen atoms in total. The monoisotopic (exact) mass is 258 g/mol. The summed E-state index contributed by atoms with van der Waals surface area (Å²) in [4.78, 5) is 0. The molecule has 1 aliphatic heterocycles. The fraction of sp³-hybridized carbons (Fsp3) is 0.647. The van der Waals surface area contributed by atoms with E-state index in [1.165, 1.54) is 44.2 Å². The lowest BCUT2D eigenvalue weighted by molar-refractivity contribution is 0.358. The summed E-state index contributed by atoms with van der Waals surface area (Å²) in [6.45, 7) is 2.34. The molecule has 0 radical (unpaired) electrons. The molecule has 2 heteroatoms. The third-order valence-corrected chi connectivity index (χ3v) is 5.08. The molecule has 0 bridgehead atoms. The lowest BCUT2D eigenvalue weighted by Crippen LogP contribution is -2.29. The van der Waals surface area contributed by atoms with Crippen LogP contribution in [0.25, 0.3) is 0 Å². The van der Waals surface area contributed by atoms with E-state index < -0.39 is 0 Å². The van der Waals surface area contributed by atoms with Gasteiger partial charge in [-0.05, 0) is 68.7 Å². The van der Waals surface area contributed by atoms with Crippen LogP contribution in [0.2, 0.25) is 0 Å². The molecule has 1 saturated heterocycles. The lowest BCUT2D eigenvalue weighted by atomic mass is 9.81. The van der Waals surface area contributed by atoms with Crippen LogP contribution in [0.1, 0.15) is 55.1 Å². The molecule has 2 aliphatic rings. The molecule has 1 aromatic rings. The topological polar surface area (TPSA) is 24.1 Å². The average Bonchev–Trinajstić information content (AvgIpc) is 3.02. The van der Waals surface area contributed by atoms with Crippen molar-refractivity contribution >= 4 is 0 Å². The van der Waals surface area contributed by atoms with Gasteiger partial charge in [0, 0.05) is 12.6 Å². The Morgan fingerprint density at radius 3 is 2.05 bits per heavy atom.